The number of hydrazone groups is 1. The summed E-state index contributed by atoms with van der Waals surface area (Å²) in [5, 5.41) is 9.55. The number of hydrogen-bond donors (Lipinski definition) is 1. The van der Waals surface area contributed by atoms with Crippen LogP contribution in [0.5, 0.6) is 5.75 Å². The van der Waals surface area contributed by atoms with Crippen LogP contribution >= 0.6 is 11.8 Å². The van der Waals surface area contributed by atoms with E-state index in [1.165, 1.54) is 17.3 Å². The van der Waals surface area contributed by atoms with Gasteiger partial charge in [-0.3, -0.25) is 9.59 Å². The molecule has 1 N–H and O–H groups in total. The fourth-order valence-corrected chi connectivity index (χ4v) is 5.45. The minimum atomic E-state index is -0.590. The van der Waals surface area contributed by atoms with Gasteiger partial charge in [0.2, 0.25) is 5.91 Å². The largest absolute Gasteiger partial charge is 0.497 e. The monoisotopic (exact) mass is 512 g/mol. The summed E-state index contributed by atoms with van der Waals surface area (Å²) >= 11 is 1.30. The molecule has 0 spiro atoms. The molecule has 8 heteroatoms. The van der Waals surface area contributed by atoms with Crippen LogP contribution < -0.4 is 10.1 Å². The quantitative estimate of drug-likeness (QED) is 0.456. The first-order valence-electron chi connectivity index (χ1n) is 12.3. The SMILES string of the molecule is CCc1ccc([C@@H]2CC(c3ccccc3)=NN2C2=NC(=O)[C@H](CC(=O)Nc3ccc(OC)cc3)S2)cc1. The smallest absolute Gasteiger partial charge is 0.262 e. The van der Waals surface area contributed by atoms with E-state index in [-0.39, 0.29) is 24.3 Å². The fraction of sp³-hybridized carbons (Fsp3) is 0.241. The molecule has 0 fully saturated rings. The molecule has 3 aromatic rings. The lowest BCUT2D eigenvalue weighted by atomic mass is 9.97. The third kappa shape index (κ3) is 5.59. The minimum absolute atomic E-state index is 0.0293. The Bertz CT molecular complexity index is 1340. The summed E-state index contributed by atoms with van der Waals surface area (Å²) in [5.41, 5.74) is 5.02. The molecule has 0 unspecified atom stereocenters. The van der Waals surface area contributed by atoms with Crippen molar-refractivity contribution in [3.8, 4) is 5.75 Å². The lowest BCUT2D eigenvalue weighted by Crippen LogP contribution is -2.25. The summed E-state index contributed by atoms with van der Waals surface area (Å²) < 4.78 is 5.15. The second-order valence-corrected chi connectivity index (χ2v) is 10.1. The third-order valence-electron chi connectivity index (χ3n) is 6.46. The van der Waals surface area contributed by atoms with Crippen molar-refractivity contribution in [3.63, 3.8) is 0 Å². The van der Waals surface area contributed by atoms with Crippen molar-refractivity contribution in [2.45, 2.75) is 37.5 Å². The van der Waals surface area contributed by atoms with E-state index in [2.05, 4.69) is 41.5 Å². The van der Waals surface area contributed by atoms with Gasteiger partial charge in [-0.1, -0.05) is 73.3 Å². The maximum atomic E-state index is 12.8. The standard InChI is InChI=1S/C29H28N4O3S/c1-3-19-9-11-21(12-10-19)25-17-24(20-7-5-4-6-8-20)32-33(25)29-31-28(35)26(37-29)18-27(34)30-22-13-15-23(36-2)16-14-22/h4-16,25-26H,3,17-18H2,1-2H3,(H,30,34)/t25-,26-/m0/s1. The number of carbonyl (C=O) groups excluding carboxylic acids is 2. The average molecular weight is 513 g/mol. The van der Waals surface area contributed by atoms with Crippen LogP contribution in [0.4, 0.5) is 5.69 Å². The molecule has 2 heterocycles. The highest BCUT2D eigenvalue weighted by atomic mass is 32.2. The van der Waals surface area contributed by atoms with Gasteiger partial charge in [-0.25, -0.2) is 5.01 Å². The van der Waals surface area contributed by atoms with Gasteiger partial charge in [0.05, 0.1) is 18.9 Å². The van der Waals surface area contributed by atoms with Gasteiger partial charge in [-0.05, 0) is 47.4 Å². The molecule has 37 heavy (non-hydrogen) atoms. The van der Waals surface area contributed by atoms with Crippen molar-refractivity contribution in [1.29, 1.82) is 0 Å². The van der Waals surface area contributed by atoms with E-state index in [0.717, 1.165) is 23.3 Å². The Balaban J connectivity index is 1.32. The Morgan fingerprint density at radius 3 is 2.46 bits per heavy atom. The van der Waals surface area contributed by atoms with E-state index in [0.29, 0.717) is 23.0 Å². The Labute approximate surface area is 220 Å². The van der Waals surface area contributed by atoms with Gasteiger partial charge in [-0.15, -0.1) is 0 Å². The summed E-state index contributed by atoms with van der Waals surface area (Å²) in [5.74, 6) is 0.153. The molecule has 5 rings (SSSR count). The molecule has 2 amide bonds. The number of benzene rings is 3. The van der Waals surface area contributed by atoms with E-state index in [1.54, 1.807) is 31.4 Å². The van der Waals surface area contributed by atoms with E-state index < -0.39 is 5.25 Å². The molecule has 0 saturated carbocycles. The second kappa shape index (κ2) is 11.0. The van der Waals surface area contributed by atoms with Gasteiger partial charge in [-0.2, -0.15) is 10.1 Å². The van der Waals surface area contributed by atoms with Crippen molar-refractivity contribution >= 4 is 40.1 Å². The Morgan fingerprint density at radius 1 is 1.05 bits per heavy atom. The molecule has 2 aliphatic heterocycles. The summed E-state index contributed by atoms with van der Waals surface area (Å²) in [4.78, 5) is 29.8. The Morgan fingerprint density at radius 2 is 1.78 bits per heavy atom. The second-order valence-electron chi connectivity index (χ2n) is 8.89. The minimum Gasteiger partial charge on any atom is -0.497 e. The molecule has 0 aromatic heterocycles. The van der Waals surface area contributed by atoms with Gasteiger partial charge in [0, 0.05) is 18.5 Å². The van der Waals surface area contributed by atoms with Crippen LogP contribution in [0.3, 0.4) is 0 Å². The van der Waals surface area contributed by atoms with Gasteiger partial charge >= 0.3 is 0 Å². The van der Waals surface area contributed by atoms with E-state index in [9.17, 15) is 9.59 Å². The maximum absolute atomic E-state index is 12.8. The van der Waals surface area contributed by atoms with Crippen molar-refractivity contribution in [2.75, 3.05) is 12.4 Å². The molecule has 0 radical (unpaired) electrons. The normalized spacial score (nSPS) is 19.0. The number of thioether (sulfide) groups is 1. The van der Waals surface area contributed by atoms with E-state index >= 15 is 0 Å². The number of methoxy groups -OCH3 is 1. The molecular formula is C29H28N4O3S. The van der Waals surface area contributed by atoms with Crippen molar-refractivity contribution in [3.05, 3.63) is 95.6 Å². The Hall–Kier alpha value is -3.91. The zero-order valence-electron chi connectivity index (χ0n) is 20.8. The van der Waals surface area contributed by atoms with Gasteiger partial charge in [0.25, 0.3) is 5.91 Å². The fourth-order valence-electron chi connectivity index (χ4n) is 4.39. The summed E-state index contributed by atoms with van der Waals surface area (Å²) in [6.07, 6.45) is 1.70. The van der Waals surface area contributed by atoms with Crippen LogP contribution in [0.1, 0.15) is 42.5 Å². The number of ether oxygens (including phenoxy) is 1. The number of rotatable bonds is 7. The number of aliphatic imine (C=N–C) groups is 1. The molecule has 2 aliphatic rings. The number of nitrogens with zero attached hydrogens (tertiary/aromatic N) is 3. The lowest BCUT2D eigenvalue weighted by Gasteiger charge is -2.23. The summed E-state index contributed by atoms with van der Waals surface area (Å²) in [6.45, 7) is 2.13. The van der Waals surface area contributed by atoms with Crippen LogP contribution in [0, 0.1) is 0 Å². The van der Waals surface area contributed by atoms with Crippen LogP contribution in [0.25, 0.3) is 0 Å². The Kier molecular flexibility index (Phi) is 7.37. The molecule has 2 atom stereocenters. The van der Waals surface area contributed by atoms with Crippen LogP contribution in [0.2, 0.25) is 0 Å². The first-order valence-corrected chi connectivity index (χ1v) is 13.2. The van der Waals surface area contributed by atoms with Crippen molar-refractivity contribution in [2.24, 2.45) is 10.1 Å². The first kappa shape index (κ1) is 24.8. The van der Waals surface area contributed by atoms with Gasteiger partial charge in [0.1, 0.15) is 11.0 Å². The predicted molar refractivity (Wildman–Crippen MR) is 148 cm³/mol. The highest BCUT2D eigenvalue weighted by Gasteiger charge is 2.39. The van der Waals surface area contributed by atoms with Crippen molar-refractivity contribution in [1.82, 2.24) is 5.01 Å². The number of aryl methyl sites for hydroxylation is 1. The number of hydrogen-bond acceptors (Lipinski definition) is 6. The van der Waals surface area contributed by atoms with Crippen LogP contribution in [0.15, 0.2) is 89.0 Å². The van der Waals surface area contributed by atoms with Crippen LogP contribution in [-0.2, 0) is 16.0 Å². The summed E-state index contributed by atoms with van der Waals surface area (Å²) in [7, 11) is 1.59. The van der Waals surface area contributed by atoms with Gasteiger partial charge < -0.3 is 10.1 Å². The highest BCUT2D eigenvalue weighted by Crippen LogP contribution is 2.38. The number of carbonyl (C=O) groups is 2. The molecule has 188 valence electrons. The number of amidine groups is 1. The first-order chi connectivity index (χ1) is 18.0. The zero-order chi connectivity index (χ0) is 25.8. The zero-order valence-corrected chi connectivity index (χ0v) is 21.6. The molecule has 0 aliphatic carbocycles. The molecular weight excluding hydrogens is 484 g/mol. The lowest BCUT2D eigenvalue weighted by molar-refractivity contribution is -0.121. The van der Waals surface area contributed by atoms with Gasteiger partial charge in [0.15, 0.2) is 5.17 Å². The molecule has 7 nitrogen and oxygen atoms in total. The topological polar surface area (TPSA) is 83.4 Å². The number of nitrogens with one attached hydrogen (secondary N) is 1. The molecule has 0 saturated heterocycles. The number of amides is 2. The highest BCUT2D eigenvalue weighted by molar-refractivity contribution is 8.15. The van der Waals surface area contributed by atoms with Crippen LogP contribution in [-0.4, -0.2) is 40.1 Å². The van der Waals surface area contributed by atoms with E-state index in [4.69, 9.17) is 9.84 Å². The van der Waals surface area contributed by atoms with E-state index in [1.807, 2.05) is 35.3 Å². The van der Waals surface area contributed by atoms with Crippen molar-refractivity contribution < 1.29 is 14.3 Å². The third-order valence-corrected chi connectivity index (χ3v) is 7.60. The maximum Gasteiger partial charge on any atom is 0.262 e. The summed E-state index contributed by atoms with van der Waals surface area (Å²) in [6, 6.07) is 25.6. The predicted octanol–water partition coefficient (Wildman–Crippen LogP) is 5.44. The number of anilines is 1. The molecule has 0 bridgehead atoms. The molecule has 3 aromatic carbocycles. The average Bonchev–Trinajstić information content (AvgIpc) is 3.53.